The Kier molecular flexibility index (Phi) is 5.33. The molecule has 1 fully saturated rings. The van der Waals surface area contributed by atoms with E-state index >= 15 is 0 Å². The summed E-state index contributed by atoms with van der Waals surface area (Å²) in [6.07, 6.45) is 1.32. The Balaban J connectivity index is 1.88. The number of hydrogen-bond acceptors (Lipinski definition) is 5. The number of ether oxygens (including phenoxy) is 1. The van der Waals surface area contributed by atoms with Crippen LogP contribution in [0, 0.1) is 5.82 Å². The number of furan rings is 1. The smallest absolute Gasteiger partial charge is 0.300 e. The Morgan fingerprint density at radius 2 is 1.87 bits per heavy atom. The monoisotopic (exact) mass is 421 g/mol. The lowest BCUT2D eigenvalue weighted by Crippen LogP contribution is -2.29. The van der Waals surface area contributed by atoms with E-state index in [2.05, 4.69) is 0 Å². The van der Waals surface area contributed by atoms with Gasteiger partial charge in [0, 0.05) is 11.3 Å². The molecule has 4 rings (SSSR count). The molecule has 0 saturated carbocycles. The summed E-state index contributed by atoms with van der Waals surface area (Å²) >= 11 is 0. The topological polar surface area (TPSA) is 80.0 Å². The van der Waals surface area contributed by atoms with E-state index in [0.717, 1.165) is 11.0 Å². The zero-order valence-electron chi connectivity index (χ0n) is 16.9. The molecular weight excluding hydrogens is 401 g/mol. The fourth-order valence-corrected chi connectivity index (χ4v) is 3.59. The van der Waals surface area contributed by atoms with Crippen molar-refractivity contribution in [2.75, 3.05) is 4.90 Å². The van der Waals surface area contributed by atoms with Crippen molar-refractivity contribution >= 4 is 23.1 Å². The van der Waals surface area contributed by atoms with Crippen molar-refractivity contribution < 1.29 is 28.2 Å². The van der Waals surface area contributed by atoms with Gasteiger partial charge >= 0.3 is 0 Å². The molecule has 1 atom stereocenters. The molecule has 158 valence electrons. The van der Waals surface area contributed by atoms with Crippen LogP contribution in [0.4, 0.5) is 10.1 Å². The van der Waals surface area contributed by atoms with Gasteiger partial charge in [0.2, 0.25) is 0 Å². The first kappa shape index (κ1) is 20.4. The standard InChI is InChI=1S/C24H20FNO5/c1-14(2)31-18-9-3-6-15(12-18)22(27)20-21(19-10-5-11-30-19)26(24(29)23(20)28)17-8-4-7-16(25)13-17/h3-14,21,27H,1-2H3/b22-20-. The summed E-state index contributed by atoms with van der Waals surface area (Å²) in [5.74, 6) is -1.93. The molecule has 0 aliphatic carbocycles. The summed E-state index contributed by atoms with van der Waals surface area (Å²) in [7, 11) is 0. The van der Waals surface area contributed by atoms with Gasteiger partial charge in [0.25, 0.3) is 11.7 Å². The molecule has 1 N–H and O–H groups in total. The molecule has 1 unspecified atom stereocenters. The van der Waals surface area contributed by atoms with Gasteiger partial charge in [-0.25, -0.2) is 4.39 Å². The second kappa shape index (κ2) is 8.10. The highest BCUT2D eigenvalue weighted by atomic mass is 19.1. The first-order valence-electron chi connectivity index (χ1n) is 9.74. The normalized spacial score (nSPS) is 18.1. The fraction of sp³-hybridized carbons (Fsp3) is 0.167. The van der Waals surface area contributed by atoms with E-state index in [4.69, 9.17) is 9.15 Å². The van der Waals surface area contributed by atoms with E-state index in [9.17, 15) is 19.1 Å². The van der Waals surface area contributed by atoms with Crippen LogP contribution in [-0.2, 0) is 9.59 Å². The van der Waals surface area contributed by atoms with E-state index in [-0.39, 0.29) is 28.9 Å². The molecule has 1 aliphatic heterocycles. The largest absolute Gasteiger partial charge is 0.507 e. The van der Waals surface area contributed by atoms with Gasteiger partial charge in [-0.05, 0) is 56.3 Å². The number of amides is 1. The van der Waals surface area contributed by atoms with Crippen LogP contribution in [0.1, 0.15) is 31.2 Å². The molecule has 6 nitrogen and oxygen atoms in total. The number of ketones is 1. The van der Waals surface area contributed by atoms with E-state index in [0.29, 0.717) is 11.3 Å². The van der Waals surface area contributed by atoms with Crippen LogP contribution < -0.4 is 9.64 Å². The van der Waals surface area contributed by atoms with Gasteiger partial charge in [-0.2, -0.15) is 0 Å². The quantitative estimate of drug-likeness (QED) is 0.363. The molecule has 7 heteroatoms. The van der Waals surface area contributed by atoms with Crippen LogP contribution in [-0.4, -0.2) is 22.9 Å². The number of rotatable bonds is 5. The average Bonchev–Trinajstić information content (AvgIpc) is 3.34. The summed E-state index contributed by atoms with van der Waals surface area (Å²) in [5, 5.41) is 11.1. The van der Waals surface area contributed by atoms with Crippen molar-refractivity contribution in [3.05, 3.63) is 89.6 Å². The maximum Gasteiger partial charge on any atom is 0.300 e. The summed E-state index contributed by atoms with van der Waals surface area (Å²) in [5.41, 5.74) is 0.345. The third kappa shape index (κ3) is 3.82. The highest BCUT2D eigenvalue weighted by Crippen LogP contribution is 2.42. The van der Waals surface area contributed by atoms with Crippen molar-refractivity contribution in [1.82, 2.24) is 0 Å². The van der Waals surface area contributed by atoms with Crippen LogP contribution in [0.3, 0.4) is 0 Å². The number of carbonyl (C=O) groups is 2. The van der Waals surface area contributed by atoms with Crippen molar-refractivity contribution in [2.45, 2.75) is 26.0 Å². The molecule has 31 heavy (non-hydrogen) atoms. The Morgan fingerprint density at radius 1 is 1.10 bits per heavy atom. The molecule has 1 aliphatic rings. The number of halogens is 1. The van der Waals surface area contributed by atoms with Crippen LogP contribution >= 0.6 is 0 Å². The molecule has 2 heterocycles. The molecule has 2 aromatic carbocycles. The lowest BCUT2D eigenvalue weighted by molar-refractivity contribution is -0.132. The first-order chi connectivity index (χ1) is 14.9. The molecular formula is C24H20FNO5. The van der Waals surface area contributed by atoms with Crippen LogP contribution in [0.5, 0.6) is 5.75 Å². The second-order valence-corrected chi connectivity index (χ2v) is 7.36. The molecule has 3 aromatic rings. The molecule has 0 bridgehead atoms. The third-order valence-electron chi connectivity index (χ3n) is 4.82. The van der Waals surface area contributed by atoms with Crippen LogP contribution in [0.15, 0.2) is 76.9 Å². The van der Waals surface area contributed by atoms with Gasteiger partial charge in [0.05, 0.1) is 17.9 Å². The number of hydrogen-bond donors (Lipinski definition) is 1. The Morgan fingerprint density at radius 3 is 2.55 bits per heavy atom. The number of aliphatic hydroxyl groups is 1. The van der Waals surface area contributed by atoms with Gasteiger partial charge < -0.3 is 14.3 Å². The summed E-state index contributed by atoms with van der Waals surface area (Å²) in [6.45, 7) is 3.74. The first-order valence-corrected chi connectivity index (χ1v) is 9.74. The predicted octanol–water partition coefficient (Wildman–Crippen LogP) is 4.83. The number of benzene rings is 2. The number of Topliss-reactive ketones (excluding diaryl/α,β-unsaturated/α-hetero) is 1. The van der Waals surface area contributed by atoms with Gasteiger partial charge in [-0.3, -0.25) is 14.5 Å². The van der Waals surface area contributed by atoms with Crippen molar-refractivity contribution in [3.8, 4) is 5.75 Å². The van der Waals surface area contributed by atoms with Crippen molar-refractivity contribution in [3.63, 3.8) is 0 Å². The molecule has 1 amide bonds. The van der Waals surface area contributed by atoms with Crippen molar-refractivity contribution in [2.24, 2.45) is 0 Å². The van der Waals surface area contributed by atoms with Gasteiger partial charge in [-0.1, -0.05) is 18.2 Å². The summed E-state index contributed by atoms with van der Waals surface area (Å²) < 4.78 is 25.0. The minimum absolute atomic E-state index is 0.0842. The van der Waals surface area contributed by atoms with Gasteiger partial charge in [0.15, 0.2) is 0 Å². The Hall–Kier alpha value is -3.87. The number of nitrogens with zero attached hydrogens (tertiary/aromatic N) is 1. The zero-order chi connectivity index (χ0) is 22.1. The lowest BCUT2D eigenvalue weighted by atomic mass is 9.99. The van der Waals surface area contributed by atoms with Gasteiger partial charge in [0.1, 0.15) is 29.1 Å². The third-order valence-corrected chi connectivity index (χ3v) is 4.82. The highest BCUT2D eigenvalue weighted by Gasteiger charge is 2.48. The Labute approximate surface area is 178 Å². The number of carbonyl (C=O) groups excluding carboxylic acids is 2. The predicted molar refractivity (Wildman–Crippen MR) is 112 cm³/mol. The molecule has 0 radical (unpaired) electrons. The second-order valence-electron chi connectivity index (χ2n) is 7.36. The summed E-state index contributed by atoms with van der Waals surface area (Å²) in [4.78, 5) is 27.0. The van der Waals surface area contributed by atoms with E-state index < -0.39 is 23.5 Å². The number of anilines is 1. The maximum atomic E-state index is 13.9. The van der Waals surface area contributed by atoms with E-state index in [1.807, 2.05) is 13.8 Å². The maximum absolute atomic E-state index is 13.9. The minimum atomic E-state index is -1.05. The van der Waals surface area contributed by atoms with Crippen molar-refractivity contribution in [1.29, 1.82) is 0 Å². The fourth-order valence-electron chi connectivity index (χ4n) is 3.59. The minimum Gasteiger partial charge on any atom is -0.507 e. The van der Waals surface area contributed by atoms with Crippen LogP contribution in [0.25, 0.3) is 5.76 Å². The van der Waals surface area contributed by atoms with E-state index in [1.54, 1.807) is 36.4 Å². The highest BCUT2D eigenvalue weighted by molar-refractivity contribution is 6.51. The SMILES string of the molecule is CC(C)Oc1cccc(/C(O)=C2/C(=O)C(=O)N(c3cccc(F)c3)C2c2ccco2)c1. The molecule has 0 spiro atoms. The lowest BCUT2D eigenvalue weighted by Gasteiger charge is -2.23. The molecule has 1 saturated heterocycles. The average molecular weight is 421 g/mol. The van der Waals surface area contributed by atoms with Gasteiger partial charge in [-0.15, -0.1) is 0 Å². The molecule has 1 aromatic heterocycles. The number of aliphatic hydroxyl groups excluding tert-OH is 1. The Bertz CT molecular complexity index is 1170. The van der Waals surface area contributed by atoms with E-state index in [1.165, 1.54) is 24.5 Å². The summed E-state index contributed by atoms with van der Waals surface area (Å²) in [6, 6.07) is 14.1. The van der Waals surface area contributed by atoms with Crippen LogP contribution in [0.2, 0.25) is 0 Å². The zero-order valence-corrected chi connectivity index (χ0v) is 16.9.